The summed E-state index contributed by atoms with van der Waals surface area (Å²) in [5.74, 6) is 0.716. The zero-order chi connectivity index (χ0) is 10.6. The van der Waals surface area contributed by atoms with Crippen molar-refractivity contribution in [3.8, 4) is 5.75 Å². The largest absolute Gasteiger partial charge is 0.496 e. The van der Waals surface area contributed by atoms with Gasteiger partial charge in [-0.1, -0.05) is 12.1 Å². The van der Waals surface area contributed by atoms with Gasteiger partial charge in [0.2, 0.25) is 0 Å². The summed E-state index contributed by atoms with van der Waals surface area (Å²) in [4.78, 5) is 0. The van der Waals surface area contributed by atoms with Gasteiger partial charge >= 0.3 is 0 Å². The third-order valence-corrected chi connectivity index (χ3v) is 3.03. The van der Waals surface area contributed by atoms with E-state index in [2.05, 4.69) is 15.9 Å². The molecule has 14 heavy (non-hydrogen) atoms. The van der Waals surface area contributed by atoms with Gasteiger partial charge in [-0.05, 0) is 28.1 Å². The Morgan fingerprint density at radius 1 is 1.07 bits per heavy atom. The van der Waals surface area contributed by atoms with Crippen LogP contribution in [0.4, 0.5) is 0 Å². The van der Waals surface area contributed by atoms with Crippen molar-refractivity contribution in [1.29, 1.82) is 0 Å². The fourth-order valence-corrected chi connectivity index (χ4v) is 1.52. The highest BCUT2D eigenvalue weighted by atomic mass is 79.9. The average Bonchev–Trinajstić information content (AvgIpc) is 2.28. The molecule has 1 aromatic carbocycles. The second-order valence-corrected chi connectivity index (χ2v) is 3.69. The first-order valence-corrected chi connectivity index (χ1v) is 4.90. The van der Waals surface area contributed by atoms with Gasteiger partial charge in [0.25, 0.3) is 4.70 Å². The fourth-order valence-electron chi connectivity index (χ4n) is 1.19. The van der Waals surface area contributed by atoms with Crippen LogP contribution in [-0.2, 0) is 14.2 Å². The van der Waals surface area contributed by atoms with Gasteiger partial charge in [0.15, 0.2) is 0 Å². The first kappa shape index (κ1) is 11.5. The van der Waals surface area contributed by atoms with E-state index >= 15 is 0 Å². The highest BCUT2D eigenvalue weighted by Crippen LogP contribution is 2.38. The lowest BCUT2D eigenvalue weighted by Gasteiger charge is -2.25. The molecule has 0 aliphatic carbocycles. The topological polar surface area (TPSA) is 27.7 Å². The predicted molar refractivity (Wildman–Crippen MR) is 57.6 cm³/mol. The molecule has 0 bridgehead atoms. The Hall–Kier alpha value is -0.580. The normalized spacial score (nSPS) is 11.4. The summed E-state index contributed by atoms with van der Waals surface area (Å²) in [5, 5.41) is 0. The molecule has 0 aromatic heterocycles. The number of ether oxygens (including phenoxy) is 3. The quantitative estimate of drug-likeness (QED) is 0.615. The molecular weight excluding hydrogens is 248 g/mol. The van der Waals surface area contributed by atoms with Crippen LogP contribution in [0.15, 0.2) is 24.3 Å². The Kier molecular flexibility index (Phi) is 3.92. The monoisotopic (exact) mass is 260 g/mol. The third-order valence-electron chi connectivity index (χ3n) is 1.95. The Morgan fingerprint density at radius 2 is 1.64 bits per heavy atom. The van der Waals surface area contributed by atoms with Gasteiger partial charge in [-0.3, -0.25) is 0 Å². The predicted octanol–water partition coefficient (Wildman–Crippen LogP) is 2.49. The molecule has 78 valence electrons. The van der Waals surface area contributed by atoms with Crippen LogP contribution in [-0.4, -0.2) is 21.3 Å². The van der Waals surface area contributed by atoms with E-state index in [9.17, 15) is 0 Å². The smallest absolute Gasteiger partial charge is 0.257 e. The van der Waals surface area contributed by atoms with Crippen molar-refractivity contribution in [2.75, 3.05) is 21.3 Å². The summed E-state index contributed by atoms with van der Waals surface area (Å²) in [7, 11) is 4.73. The summed E-state index contributed by atoms with van der Waals surface area (Å²) < 4.78 is 14.7. The van der Waals surface area contributed by atoms with Gasteiger partial charge in [-0.15, -0.1) is 0 Å². The number of alkyl halides is 1. The lowest BCUT2D eigenvalue weighted by molar-refractivity contribution is -0.134. The standard InChI is InChI=1S/C10H13BrO3/c1-12-9-7-5-4-6-8(9)10(11,13-2)14-3/h4-7H,1-3H3. The van der Waals surface area contributed by atoms with E-state index in [1.165, 1.54) is 0 Å². The summed E-state index contributed by atoms with van der Waals surface area (Å²) >= 11 is 3.36. The van der Waals surface area contributed by atoms with Crippen LogP contribution in [0.3, 0.4) is 0 Å². The van der Waals surface area contributed by atoms with E-state index in [1.807, 2.05) is 24.3 Å². The third kappa shape index (κ3) is 2.08. The van der Waals surface area contributed by atoms with E-state index in [1.54, 1.807) is 21.3 Å². The molecule has 1 rings (SSSR count). The highest BCUT2D eigenvalue weighted by molar-refractivity contribution is 9.09. The first-order valence-electron chi connectivity index (χ1n) is 4.10. The van der Waals surface area contributed by atoms with Crippen molar-refractivity contribution >= 4 is 15.9 Å². The number of hydrogen-bond donors (Lipinski definition) is 0. The molecule has 0 heterocycles. The molecular formula is C10H13BrO3. The number of halogens is 1. The molecule has 3 nitrogen and oxygen atoms in total. The molecule has 4 heteroatoms. The fraction of sp³-hybridized carbons (Fsp3) is 0.400. The maximum absolute atomic E-state index is 5.23. The lowest BCUT2D eigenvalue weighted by atomic mass is 10.2. The molecule has 0 unspecified atom stereocenters. The minimum absolute atomic E-state index is 0.716. The summed E-state index contributed by atoms with van der Waals surface area (Å²) in [6.07, 6.45) is 0. The van der Waals surface area contributed by atoms with Gasteiger partial charge in [0, 0.05) is 14.2 Å². The second kappa shape index (κ2) is 4.77. The summed E-state index contributed by atoms with van der Waals surface area (Å²) in [6, 6.07) is 7.51. The SMILES string of the molecule is COc1ccccc1C(Br)(OC)OC. The van der Waals surface area contributed by atoms with E-state index in [4.69, 9.17) is 14.2 Å². The molecule has 1 aromatic rings. The zero-order valence-corrected chi connectivity index (χ0v) is 10.00. The summed E-state index contributed by atoms with van der Waals surface area (Å²) in [5.41, 5.74) is 0.799. The van der Waals surface area contributed by atoms with E-state index in [0.717, 1.165) is 5.56 Å². The lowest BCUT2D eigenvalue weighted by Crippen LogP contribution is -2.23. The van der Waals surface area contributed by atoms with Gasteiger partial charge in [0.1, 0.15) is 5.75 Å². The number of para-hydroxylation sites is 1. The Morgan fingerprint density at radius 3 is 2.14 bits per heavy atom. The zero-order valence-electron chi connectivity index (χ0n) is 8.41. The molecule has 0 radical (unpaired) electrons. The second-order valence-electron chi connectivity index (χ2n) is 2.64. The van der Waals surface area contributed by atoms with Crippen LogP contribution in [0.5, 0.6) is 5.75 Å². The maximum Gasteiger partial charge on any atom is 0.257 e. The van der Waals surface area contributed by atoms with E-state index < -0.39 is 4.70 Å². The number of benzene rings is 1. The molecule has 0 N–H and O–H groups in total. The number of rotatable bonds is 4. The maximum atomic E-state index is 5.23. The number of methoxy groups -OCH3 is 3. The molecule has 0 aliphatic heterocycles. The van der Waals surface area contributed by atoms with Crippen LogP contribution in [0.2, 0.25) is 0 Å². The molecule has 0 saturated heterocycles. The Balaban J connectivity index is 3.15. The van der Waals surface area contributed by atoms with Crippen LogP contribution >= 0.6 is 15.9 Å². The van der Waals surface area contributed by atoms with Crippen molar-refractivity contribution in [1.82, 2.24) is 0 Å². The Labute approximate surface area is 92.1 Å². The van der Waals surface area contributed by atoms with Crippen molar-refractivity contribution in [2.45, 2.75) is 4.70 Å². The van der Waals surface area contributed by atoms with Gasteiger partial charge in [-0.25, -0.2) is 0 Å². The molecule has 0 aliphatic rings. The van der Waals surface area contributed by atoms with Crippen LogP contribution < -0.4 is 4.74 Å². The van der Waals surface area contributed by atoms with E-state index in [0.29, 0.717) is 5.75 Å². The molecule has 0 saturated carbocycles. The molecule has 0 atom stereocenters. The van der Waals surface area contributed by atoms with Crippen LogP contribution in [0.25, 0.3) is 0 Å². The first-order chi connectivity index (χ1) is 6.68. The summed E-state index contributed by atoms with van der Waals surface area (Å²) in [6.45, 7) is 0. The molecule has 0 amide bonds. The van der Waals surface area contributed by atoms with Gasteiger partial charge < -0.3 is 14.2 Å². The molecule has 0 spiro atoms. The van der Waals surface area contributed by atoms with Crippen LogP contribution in [0, 0.1) is 0 Å². The van der Waals surface area contributed by atoms with Crippen molar-refractivity contribution in [3.05, 3.63) is 29.8 Å². The van der Waals surface area contributed by atoms with Gasteiger partial charge in [-0.2, -0.15) is 0 Å². The highest BCUT2D eigenvalue weighted by Gasteiger charge is 2.31. The van der Waals surface area contributed by atoms with Gasteiger partial charge in [0.05, 0.1) is 12.7 Å². The van der Waals surface area contributed by atoms with Crippen molar-refractivity contribution < 1.29 is 14.2 Å². The van der Waals surface area contributed by atoms with Crippen LogP contribution in [0.1, 0.15) is 5.56 Å². The van der Waals surface area contributed by atoms with Crippen molar-refractivity contribution in [3.63, 3.8) is 0 Å². The minimum Gasteiger partial charge on any atom is -0.496 e. The van der Waals surface area contributed by atoms with Crippen molar-refractivity contribution in [2.24, 2.45) is 0 Å². The van der Waals surface area contributed by atoms with E-state index in [-0.39, 0.29) is 0 Å². The Bertz CT molecular complexity index is 297. The minimum atomic E-state index is -0.945. The molecule has 0 fully saturated rings. The number of hydrogen-bond acceptors (Lipinski definition) is 3. The average molecular weight is 261 g/mol.